The van der Waals surface area contributed by atoms with Gasteiger partial charge in [0, 0.05) is 31.4 Å². The Hall–Kier alpha value is -2.11. The van der Waals surface area contributed by atoms with Crippen molar-refractivity contribution in [2.45, 2.75) is 50.7 Å². The number of para-hydroxylation sites is 1. The summed E-state index contributed by atoms with van der Waals surface area (Å²) in [4.78, 5) is 19.7. The number of halogens is 1. The van der Waals surface area contributed by atoms with Gasteiger partial charge in [-0.1, -0.05) is 18.2 Å². The van der Waals surface area contributed by atoms with Crippen LogP contribution >= 0.6 is 0 Å². The van der Waals surface area contributed by atoms with Gasteiger partial charge in [0.25, 0.3) is 5.56 Å². The Bertz CT molecular complexity index is 1010. The van der Waals surface area contributed by atoms with Crippen molar-refractivity contribution in [1.82, 2.24) is 14.3 Å². The monoisotopic (exact) mass is 384 g/mol. The Balaban J connectivity index is 0.00000180. The lowest BCUT2D eigenvalue weighted by Crippen LogP contribution is -3.15. The molecule has 2 saturated heterocycles. The van der Waals surface area contributed by atoms with E-state index in [1.165, 1.54) is 12.8 Å². The maximum absolute atomic E-state index is 13.2. The van der Waals surface area contributed by atoms with E-state index in [2.05, 4.69) is 11.7 Å². The van der Waals surface area contributed by atoms with Crippen molar-refractivity contribution in [3.63, 3.8) is 0 Å². The number of pyridine rings is 1. The van der Waals surface area contributed by atoms with Crippen LogP contribution in [0.4, 0.5) is 0 Å². The first kappa shape index (κ1) is 18.3. The number of aromatic nitrogens is 3. The van der Waals surface area contributed by atoms with E-state index in [4.69, 9.17) is 4.98 Å². The number of rotatable bonds is 2. The molecule has 0 saturated carbocycles. The molecule has 5 rings (SSSR count). The van der Waals surface area contributed by atoms with E-state index >= 15 is 0 Å². The number of benzene rings is 1. The van der Waals surface area contributed by atoms with E-state index in [0.717, 1.165) is 35.3 Å². The third-order valence-electron chi connectivity index (χ3n) is 6.48. The summed E-state index contributed by atoms with van der Waals surface area (Å²) in [5.41, 5.74) is 2.75. The van der Waals surface area contributed by atoms with Crippen molar-refractivity contribution in [3.05, 3.63) is 58.5 Å². The molecule has 2 aliphatic heterocycles. The van der Waals surface area contributed by atoms with Crippen LogP contribution in [0.5, 0.6) is 0 Å². The molecule has 27 heavy (non-hydrogen) atoms. The zero-order chi connectivity index (χ0) is 17.8. The largest absolute Gasteiger partial charge is 1.00 e. The highest BCUT2D eigenvalue weighted by Crippen LogP contribution is 2.33. The van der Waals surface area contributed by atoms with E-state index in [0.29, 0.717) is 18.1 Å². The summed E-state index contributed by atoms with van der Waals surface area (Å²) in [6, 6.07) is 15.6. The van der Waals surface area contributed by atoms with Crippen molar-refractivity contribution in [1.29, 1.82) is 0 Å². The van der Waals surface area contributed by atoms with Gasteiger partial charge in [0.1, 0.15) is 0 Å². The van der Waals surface area contributed by atoms with Crippen LogP contribution in [0.25, 0.3) is 16.7 Å². The number of piperidine rings is 1. The Morgan fingerprint density at radius 2 is 1.70 bits per heavy atom. The average Bonchev–Trinajstić information content (AvgIpc) is 3.03. The van der Waals surface area contributed by atoms with Gasteiger partial charge in [0.2, 0.25) is 0 Å². The van der Waals surface area contributed by atoms with Crippen LogP contribution in [0.2, 0.25) is 0 Å². The van der Waals surface area contributed by atoms with E-state index in [9.17, 15) is 4.79 Å². The molecule has 0 aliphatic carbocycles. The minimum absolute atomic E-state index is 0. The molecule has 1 aromatic carbocycles. The molecule has 2 unspecified atom stereocenters. The number of hydrogen-bond donors (Lipinski definition) is 1. The molecule has 2 fully saturated rings. The summed E-state index contributed by atoms with van der Waals surface area (Å²) in [6.07, 6.45) is 4.84. The molecule has 2 atom stereocenters. The zero-order valence-electron chi connectivity index (χ0n) is 15.7. The van der Waals surface area contributed by atoms with Gasteiger partial charge in [0.05, 0.1) is 36.2 Å². The van der Waals surface area contributed by atoms with Gasteiger partial charge in [-0.2, -0.15) is 0 Å². The summed E-state index contributed by atoms with van der Waals surface area (Å²) in [6.45, 7) is 2.00. The molecule has 1 N–H and O–H groups in total. The van der Waals surface area contributed by atoms with Crippen molar-refractivity contribution < 1.29 is 17.3 Å². The summed E-state index contributed by atoms with van der Waals surface area (Å²) in [7, 11) is 2.33. The van der Waals surface area contributed by atoms with E-state index < -0.39 is 0 Å². The van der Waals surface area contributed by atoms with Crippen LogP contribution in [0, 0.1) is 6.92 Å². The predicted molar refractivity (Wildman–Crippen MR) is 102 cm³/mol. The number of fused-ring (bicyclic) bond motifs is 3. The third-order valence-corrected chi connectivity index (χ3v) is 6.48. The standard InChI is InChI=1S/C21H24N4O.ClH/c1-14-8-11-19-20(22-14)24(18-12-16-9-10-17(13-18)23(16)2)25(21(19)26)15-6-4-3-5-7-15;/h3-8,11,16-18H,9-10,12-13H2,1-2H3;1H. The molecule has 2 aromatic heterocycles. The fourth-order valence-electron chi connectivity index (χ4n) is 5.09. The van der Waals surface area contributed by atoms with Crippen LogP contribution in [0.1, 0.15) is 37.4 Å². The molecule has 0 radical (unpaired) electrons. The van der Waals surface area contributed by atoms with Crippen molar-refractivity contribution >= 4 is 11.0 Å². The van der Waals surface area contributed by atoms with E-state index in [-0.39, 0.29) is 18.0 Å². The number of hydrogen-bond acceptors (Lipinski definition) is 2. The quantitative estimate of drug-likeness (QED) is 0.608. The van der Waals surface area contributed by atoms with Gasteiger partial charge in [0.15, 0.2) is 5.65 Å². The number of nitrogens with one attached hydrogen (secondary N) is 1. The number of nitrogens with zero attached hydrogens (tertiary/aromatic N) is 3. The van der Waals surface area contributed by atoms with Crippen LogP contribution in [0.3, 0.4) is 0 Å². The summed E-state index contributed by atoms with van der Waals surface area (Å²) in [5, 5.41) is 0.720. The van der Waals surface area contributed by atoms with Gasteiger partial charge in [-0.05, 0) is 31.2 Å². The molecule has 2 bridgehead atoms. The SMILES string of the molecule is Cc1ccc2c(=O)n(-c3ccccc3)n(C3CC4CCC(C3)[NH+]4C)c2n1.[Cl-]. The minimum atomic E-state index is 0. The second kappa shape index (κ2) is 6.80. The first-order chi connectivity index (χ1) is 12.6. The summed E-state index contributed by atoms with van der Waals surface area (Å²) >= 11 is 0. The van der Waals surface area contributed by atoms with Gasteiger partial charge < -0.3 is 17.3 Å². The molecular formula is C21H25ClN4O. The predicted octanol–water partition coefficient (Wildman–Crippen LogP) is -1.12. The van der Waals surface area contributed by atoms with Crippen molar-refractivity contribution in [2.24, 2.45) is 0 Å². The van der Waals surface area contributed by atoms with Gasteiger partial charge in [-0.15, -0.1) is 0 Å². The Morgan fingerprint density at radius 1 is 1.04 bits per heavy atom. The molecule has 4 heterocycles. The Kier molecular flexibility index (Phi) is 4.60. The highest BCUT2D eigenvalue weighted by Gasteiger charge is 2.44. The minimum Gasteiger partial charge on any atom is -1.00 e. The van der Waals surface area contributed by atoms with Gasteiger partial charge in [-0.25, -0.2) is 9.67 Å². The van der Waals surface area contributed by atoms with Crippen molar-refractivity contribution in [3.8, 4) is 5.69 Å². The molecule has 142 valence electrons. The first-order valence-electron chi connectivity index (χ1n) is 9.63. The molecule has 6 heteroatoms. The lowest BCUT2D eigenvalue weighted by atomic mass is 9.98. The second-order valence-electron chi connectivity index (χ2n) is 7.96. The molecule has 5 nitrogen and oxygen atoms in total. The van der Waals surface area contributed by atoms with Crippen LogP contribution in [-0.4, -0.2) is 33.5 Å². The highest BCUT2D eigenvalue weighted by molar-refractivity contribution is 5.75. The maximum atomic E-state index is 13.2. The number of quaternary nitrogens is 1. The van der Waals surface area contributed by atoms with E-state index in [1.54, 1.807) is 4.90 Å². The normalized spacial score (nSPS) is 26.9. The fourth-order valence-corrected chi connectivity index (χ4v) is 5.09. The third kappa shape index (κ3) is 2.80. The van der Waals surface area contributed by atoms with Crippen molar-refractivity contribution in [2.75, 3.05) is 7.05 Å². The van der Waals surface area contributed by atoms with Gasteiger partial charge >= 0.3 is 0 Å². The summed E-state index contributed by atoms with van der Waals surface area (Å²) in [5.74, 6) is 0. The second-order valence-corrected chi connectivity index (χ2v) is 7.96. The highest BCUT2D eigenvalue weighted by atomic mass is 35.5. The topological polar surface area (TPSA) is 44.3 Å². The van der Waals surface area contributed by atoms with Crippen LogP contribution in [0.15, 0.2) is 47.3 Å². The lowest BCUT2D eigenvalue weighted by Gasteiger charge is -2.35. The molecular weight excluding hydrogens is 360 g/mol. The van der Waals surface area contributed by atoms with E-state index in [1.807, 2.05) is 54.1 Å². The maximum Gasteiger partial charge on any atom is 0.280 e. The first-order valence-corrected chi connectivity index (χ1v) is 9.63. The molecule has 0 spiro atoms. The number of aryl methyl sites for hydroxylation is 1. The summed E-state index contributed by atoms with van der Waals surface area (Å²) < 4.78 is 4.07. The lowest BCUT2D eigenvalue weighted by molar-refractivity contribution is -0.923. The average molecular weight is 385 g/mol. The zero-order valence-corrected chi connectivity index (χ0v) is 16.5. The van der Waals surface area contributed by atoms with Gasteiger partial charge in [-0.3, -0.25) is 9.48 Å². The molecule has 0 amide bonds. The Labute approximate surface area is 165 Å². The Morgan fingerprint density at radius 3 is 2.37 bits per heavy atom. The molecule has 3 aromatic rings. The fraction of sp³-hybridized carbons (Fsp3) is 0.429. The molecule has 2 aliphatic rings. The smallest absolute Gasteiger partial charge is 0.280 e. The van der Waals surface area contributed by atoms with Crippen LogP contribution in [-0.2, 0) is 0 Å². The van der Waals surface area contributed by atoms with Crippen LogP contribution < -0.4 is 22.9 Å².